The summed E-state index contributed by atoms with van der Waals surface area (Å²) in [6.45, 7) is 4.80. The van der Waals surface area contributed by atoms with E-state index in [-0.39, 0.29) is 22.8 Å². The number of anilines is 1. The molecule has 32 heavy (non-hydrogen) atoms. The highest BCUT2D eigenvalue weighted by Gasteiger charge is 2.29. The smallest absolute Gasteiger partial charge is 0.281 e. The van der Waals surface area contributed by atoms with Gasteiger partial charge in [-0.3, -0.25) is 4.79 Å². The molecule has 1 aliphatic carbocycles. The zero-order valence-electron chi connectivity index (χ0n) is 18.9. The number of aryl methyl sites for hydroxylation is 1. The lowest BCUT2D eigenvalue weighted by Crippen LogP contribution is -2.35. The molecule has 0 amide bonds. The Morgan fingerprint density at radius 1 is 1.31 bits per heavy atom. The van der Waals surface area contributed by atoms with Crippen LogP contribution < -0.4 is 15.0 Å². The van der Waals surface area contributed by atoms with Crippen molar-refractivity contribution in [3.8, 4) is 5.75 Å². The number of benzene rings is 1. The van der Waals surface area contributed by atoms with Gasteiger partial charge < -0.3 is 14.6 Å². The molecule has 2 heterocycles. The maximum absolute atomic E-state index is 13.4. The summed E-state index contributed by atoms with van der Waals surface area (Å²) in [5.41, 5.74) is 2.35. The first-order valence-electron chi connectivity index (χ1n) is 11.3. The van der Waals surface area contributed by atoms with Crippen LogP contribution in [0.4, 0.5) is 11.4 Å². The van der Waals surface area contributed by atoms with Crippen LogP contribution in [0.5, 0.6) is 5.75 Å². The minimum Gasteiger partial charge on any atom is -0.505 e. The molecule has 1 aromatic heterocycles. The molecule has 172 valence electrons. The van der Waals surface area contributed by atoms with Crippen molar-refractivity contribution in [3.63, 3.8) is 0 Å². The molecule has 1 fully saturated rings. The Bertz CT molecular complexity index is 1060. The molecule has 0 unspecified atom stereocenters. The third kappa shape index (κ3) is 4.93. The lowest BCUT2D eigenvalue weighted by molar-refractivity contribution is 0.382. The molecule has 1 saturated carbocycles. The first-order chi connectivity index (χ1) is 15.5. The summed E-state index contributed by atoms with van der Waals surface area (Å²) in [6, 6.07) is 5.91. The largest absolute Gasteiger partial charge is 0.505 e. The van der Waals surface area contributed by atoms with E-state index in [0.717, 1.165) is 48.4 Å². The van der Waals surface area contributed by atoms with E-state index < -0.39 is 0 Å². The Morgan fingerprint density at radius 3 is 2.81 bits per heavy atom. The molecular formula is C23H31N5O2S2. The third-order valence-electron chi connectivity index (χ3n) is 5.97. The number of fused-ring (bicyclic) bond motifs is 1. The number of aliphatic imine (C=N–C) groups is 1. The monoisotopic (exact) mass is 473 g/mol. The summed E-state index contributed by atoms with van der Waals surface area (Å²) in [5.74, 6) is 1.01. The van der Waals surface area contributed by atoms with Gasteiger partial charge in [0, 0.05) is 24.4 Å². The number of aromatic nitrogens is 2. The van der Waals surface area contributed by atoms with Crippen LogP contribution in [-0.4, -0.2) is 27.0 Å². The average Bonchev–Trinajstić information content (AvgIpc) is 2.79. The predicted octanol–water partition coefficient (Wildman–Crippen LogP) is 5.42. The maximum Gasteiger partial charge on any atom is 0.281 e. The highest BCUT2D eigenvalue weighted by atomic mass is 32.2. The van der Waals surface area contributed by atoms with Crippen LogP contribution >= 0.6 is 23.9 Å². The van der Waals surface area contributed by atoms with Crippen molar-refractivity contribution in [1.29, 1.82) is 0 Å². The summed E-state index contributed by atoms with van der Waals surface area (Å²) >= 11 is 2.94. The van der Waals surface area contributed by atoms with Crippen LogP contribution in [0.3, 0.4) is 0 Å². The predicted molar refractivity (Wildman–Crippen MR) is 134 cm³/mol. The molecule has 2 aromatic rings. The molecule has 0 spiro atoms. The lowest BCUT2D eigenvalue weighted by atomic mass is 9.86. The third-order valence-corrected chi connectivity index (χ3v) is 7.25. The molecule has 0 atom stereocenters. The number of hydrogen-bond donors (Lipinski definition) is 3. The Hall–Kier alpha value is -2.13. The molecular weight excluding hydrogens is 442 g/mol. The van der Waals surface area contributed by atoms with Crippen molar-refractivity contribution in [2.24, 2.45) is 10.9 Å². The fourth-order valence-corrected chi connectivity index (χ4v) is 5.32. The molecule has 1 aromatic carbocycles. The van der Waals surface area contributed by atoms with Crippen molar-refractivity contribution in [3.05, 3.63) is 39.8 Å². The van der Waals surface area contributed by atoms with Crippen LogP contribution in [-0.2, 0) is 6.54 Å². The standard InChI is InChI=1S/C23H31N5O2S2/c1-14(2)11-12-28-23(30)19(21(29)20(25-28)15-7-5-4-6-8-15)22-24-17-10-9-16(26-31-3)13-18(17)32-27-22/h9-10,13-15,26,29H,4-8,11-12H2,1-3H3,(H,24,27). The summed E-state index contributed by atoms with van der Waals surface area (Å²) < 4.78 is 7.95. The van der Waals surface area contributed by atoms with Crippen molar-refractivity contribution in [2.45, 2.75) is 69.7 Å². The van der Waals surface area contributed by atoms with E-state index in [1.165, 1.54) is 35.0 Å². The number of hydrogen-bond acceptors (Lipinski definition) is 8. The van der Waals surface area contributed by atoms with Gasteiger partial charge in [-0.15, -0.1) is 0 Å². The zero-order chi connectivity index (χ0) is 22.7. The maximum atomic E-state index is 13.4. The molecule has 9 heteroatoms. The minimum atomic E-state index is -0.293. The molecule has 0 saturated heterocycles. The van der Waals surface area contributed by atoms with Gasteiger partial charge in [-0.25, -0.2) is 9.67 Å². The van der Waals surface area contributed by atoms with Crippen molar-refractivity contribution >= 4 is 41.1 Å². The highest BCUT2D eigenvalue weighted by Crippen LogP contribution is 2.39. The fourth-order valence-electron chi connectivity index (χ4n) is 4.20. The van der Waals surface area contributed by atoms with Crippen molar-refractivity contribution < 1.29 is 5.11 Å². The number of nitrogens with one attached hydrogen (secondary N) is 2. The second-order valence-electron chi connectivity index (χ2n) is 8.81. The van der Waals surface area contributed by atoms with Gasteiger partial charge in [-0.05, 0) is 55.3 Å². The van der Waals surface area contributed by atoms with E-state index in [9.17, 15) is 9.90 Å². The van der Waals surface area contributed by atoms with Crippen molar-refractivity contribution in [2.75, 3.05) is 11.0 Å². The van der Waals surface area contributed by atoms with E-state index >= 15 is 0 Å². The van der Waals surface area contributed by atoms with Gasteiger partial charge in [-0.2, -0.15) is 5.10 Å². The Kier molecular flexibility index (Phi) is 7.35. The molecule has 0 radical (unpaired) electrons. The van der Waals surface area contributed by atoms with E-state index in [1.807, 2.05) is 24.5 Å². The number of amidine groups is 1. The van der Waals surface area contributed by atoms with Gasteiger partial charge in [0.15, 0.2) is 11.6 Å². The van der Waals surface area contributed by atoms with Gasteiger partial charge in [0.1, 0.15) is 11.3 Å². The summed E-state index contributed by atoms with van der Waals surface area (Å²) in [5, 5.41) is 15.9. The Balaban J connectivity index is 1.78. The Labute approximate surface area is 197 Å². The van der Waals surface area contributed by atoms with Crippen LogP contribution in [0.1, 0.15) is 69.5 Å². The normalized spacial score (nSPS) is 16.4. The van der Waals surface area contributed by atoms with Gasteiger partial charge in [0.2, 0.25) is 0 Å². The number of nitrogens with zero attached hydrogens (tertiary/aromatic N) is 3. The van der Waals surface area contributed by atoms with Gasteiger partial charge >= 0.3 is 0 Å². The molecule has 1 aliphatic heterocycles. The lowest BCUT2D eigenvalue weighted by Gasteiger charge is -2.24. The second kappa shape index (κ2) is 10.2. The van der Waals surface area contributed by atoms with Gasteiger partial charge in [0.25, 0.3) is 5.56 Å². The zero-order valence-corrected chi connectivity index (χ0v) is 20.5. The molecule has 2 aliphatic rings. The van der Waals surface area contributed by atoms with E-state index in [0.29, 0.717) is 24.0 Å². The van der Waals surface area contributed by atoms with Crippen LogP contribution in [0.15, 0.2) is 32.9 Å². The van der Waals surface area contributed by atoms with Crippen molar-refractivity contribution in [1.82, 2.24) is 14.5 Å². The number of aromatic hydroxyl groups is 1. The minimum absolute atomic E-state index is 0.0151. The number of rotatable bonds is 7. The van der Waals surface area contributed by atoms with E-state index in [2.05, 4.69) is 28.4 Å². The fraction of sp³-hybridized carbons (Fsp3) is 0.522. The van der Waals surface area contributed by atoms with Gasteiger partial charge in [-0.1, -0.05) is 45.1 Å². The Morgan fingerprint density at radius 2 is 2.09 bits per heavy atom. The molecule has 4 rings (SSSR count). The van der Waals surface area contributed by atoms with Crippen LogP contribution in [0.25, 0.3) is 0 Å². The first kappa shape index (κ1) is 23.0. The second-order valence-corrected chi connectivity index (χ2v) is 10.3. The van der Waals surface area contributed by atoms with E-state index in [1.54, 1.807) is 0 Å². The molecule has 0 bridgehead atoms. The van der Waals surface area contributed by atoms with Crippen LogP contribution in [0.2, 0.25) is 0 Å². The topological polar surface area (TPSA) is 91.5 Å². The SMILES string of the molecule is CSNc1ccc2c(c1)SNC(c1c(O)c(C3CCCCC3)nn(CCC(C)C)c1=O)=N2. The molecule has 7 nitrogen and oxygen atoms in total. The van der Waals surface area contributed by atoms with E-state index in [4.69, 9.17) is 4.99 Å². The average molecular weight is 474 g/mol. The quantitative estimate of drug-likeness (QED) is 0.462. The molecule has 3 N–H and O–H groups in total. The summed E-state index contributed by atoms with van der Waals surface area (Å²) in [7, 11) is 0. The summed E-state index contributed by atoms with van der Waals surface area (Å²) in [6.07, 6.45) is 8.27. The summed E-state index contributed by atoms with van der Waals surface area (Å²) in [4.78, 5) is 19.1. The van der Waals surface area contributed by atoms with Crippen LogP contribution in [0, 0.1) is 5.92 Å². The first-order valence-corrected chi connectivity index (χ1v) is 13.3. The van der Waals surface area contributed by atoms with Gasteiger partial charge in [0.05, 0.1) is 10.6 Å². The highest BCUT2D eigenvalue weighted by molar-refractivity contribution is 7.99.